The Morgan fingerprint density at radius 1 is 0.833 bits per heavy atom. The number of fused-ring (bicyclic) bond motifs is 3. The van der Waals surface area contributed by atoms with E-state index in [0.29, 0.717) is 35.6 Å². The number of ether oxygens (including phenoxy) is 1. The number of aromatic hydroxyl groups is 1. The van der Waals surface area contributed by atoms with Gasteiger partial charge in [0.2, 0.25) is 5.91 Å². The molecule has 4 heterocycles. The van der Waals surface area contributed by atoms with Crippen LogP contribution in [0.15, 0.2) is 91.0 Å². The molecule has 8 rings (SSSR count). The number of hydrogen-bond acceptors (Lipinski definition) is 4. The van der Waals surface area contributed by atoms with Crippen molar-refractivity contribution in [3.8, 4) is 11.5 Å². The lowest BCUT2D eigenvalue weighted by Crippen LogP contribution is -3.00. The number of piperidine rings is 3. The van der Waals surface area contributed by atoms with Gasteiger partial charge in [0.25, 0.3) is 0 Å². The molecule has 0 spiro atoms. The Bertz CT molecular complexity index is 1700. The van der Waals surface area contributed by atoms with Gasteiger partial charge in [-0.1, -0.05) is 36.4 Å². The molecule has 1 amide bonds. The number of amides is 1. The lowest BCUT2D eigenvalue weighted by molar-refractivity contribution is -0.955. The molecule has 0 aliphatic carbocycles. The van der Waals surface area contributed by atoms with Crippen LogP contribution in [0.3, 0.4) is 0 Å². The maximum Gasteiger partial charge on any atom is 0.233 e. The number of phenolic OH excluding ortho intramolecular Hbond substituents is 1. The quantitative estimate of drug-likeness (QED) is 0.176. The summed E-state index contributed by atoms with van der Waals surface area (Å²) < 4.78 is 34.4. The fourth-order valence-corrected chi connectivity index (χ4v) is 7.80. The third-order valence-electron chi connectivity index (χ3n) is 10.6. The normalized spacial score (nSPS) is 23.7. The molecule has 0 unspecified atom stereocenters. The van der Waals surface area contributed by atoms with E-state index in [1.807, 2.05) is 0 Å². The van der Waals surface area contributed by atoms with E-state index in [1.54, 1.807) is 35.2 Å². The highest BCUT2D eigenvalue weighted by molar-refractivity contribution is 6.03. The van der Waals surface area contributed by atoms with Gasteiger partial charge in [-0.3, -0.25) is 4.79 Å². The maximum atomic E-state index is 13.7. The van der Waals surface area contributed by atoms with Crippen molar-refractivity contribution in [2.24, 2.45) is 11.8 Å². The standard InChI is InChI=1S/C39H40F2N2O4.BrH/c40-30-7-5-29(6-8-30)36(44)16-15-35-38(42(39(35)46)32-11-9-31(41)10-12-32)34-14-13-33(23-37(34)45)47-25-28-3-1-27(2-4-28)24-43-20-17-26(18-21-43)19-22-43;/h1-14,23,26,35-36,38,44H,15-22,24-25H2;1H/t26?,35-,36+,38-,43?;/m1./s1. The van der Waals surface area contributed by atoms with E-state index in [1.165, 1.54) is 85.3 Å². The first-order valence-corrected chi connectivity index (χ1v) is 16.7. The number of benzene rings is 4. The summed E-state index contributed by atoms with van der Waals surface area (Å²) in [6.07, 6.45) is 3.83. The number of nitrogens with zero attached hydrogens (tertiary/aromatic N) is 2. The first kappa shape index (κ1) is 34.1. The largest absolute Gasteiger partial charge is 1.00 e. The van der Waals surface area contributed by atoms with Gasteiger partial charge in [0.15, 0.2) is 0 Å². The van der Waals surface area contributed by atoms with Crippen LogP contribution in [0.25, 0.3) is 0 Å². The molecule has 4 aromatic rings. The van der Waals surface area contributed by atoms with Gasteiger partial charge in [0.1, 0.15) is 36.3 Å². The van der Waals surface area contributed by atoms with E-state index in [2.05, 4.69) is 24.3 Å². The Morgan fingerprint density at radius 3 is 2.06 bits per heavy atom. The zero-order valence-electron chi connectivity index (χ0n) is 26.8. The van der Waals surface area contributed by atoms with Crippen LogP contribution in [0.4, 0.5) is 14.5 Å². The fourth-order valence-electron chi connectivity index (χ4n) is 7.80. The van der Waals surface area contributed by atoms with Crippen LogP contribution in [-0.4, -0.2) is 40.2 Å². The molecule has 0 radical (unpaired) electrons. The molecule has 6 nitrogen and oxygen atoms in total. The Kier molecular flexibility index (Phi) is 10.2. The van der Waals surface area contributed by atoms with Gasteiger partial charge in [-0.25, -0.2) is 8.78 Å². The molecule has 4 saturated heterocycles. The average Bonchev–Trinajstić information content (AvgIpc) is 3.09. The second-order valence-electron chi connectivity index (χ2n) is 13.6. The molecule has 0 saturated carbocycles. The van der Waals surface area contributed by atoms with Crippen LogP contribution in [0.5, 0.6) is 11.5 Å². The Hall–Kier alpha value is -3.79. The summed E-state index contributed by atoms with van der Waals surface area (Å²) >= 11 is 0. The minimum atomic E-state index is -0.872. The first-order chi connectivity index (χ1) is 22.8. The van der Waals surface area contributed by atoms with Crippen LogP contribution < -0.4 is 26.6 Å². The highest BCUT2D eigenvalue weighted by Gasteiger charge is 2.49. The zero-order valence-corrected chi connectivity index (χ0v) is 28.4. The highest BCUT2D eigenvalue weighted by atomic mass is 79.9. The number of halogens is 3. The van der Waals surface area contributed by atoms with Crippen LogP contribution in [0, 0.1) is 23.5 Å². The molecule has 9 heteroatoms. The van der Waals surface area contributed by atoms with Crippen molar-refractivity contribution in [2.75, 3.05) is 24.5 Å². The number of β-lactam (4-membered cyclic amide) rings is 1. The molecular weight excluding hydrogens is 678 g/mol. The number of aliphatic hydroxyl groups is 1. The molecular formula is C39H41BrF2N2O4. The van der Waals surface area contributed by atoms with Gasteiger partial charge >= 0.3 is 0 Å². The topological polar surface area (TPSA) is 70.0 Å². The van der Waals surface area contributed by atoms with Gasteiger partial charge < -0.3 is 41.3 Å². The summed E-state index contributed by atoms with van der Waals surface area (Å²) in [6, 6.07) is 24.6. The summed E-state index contributed by atoms with van der Waals surface area (Å²) in [5.41, 5.74) is 4.04. The number of anilines is 1. The summed E-state index contributed by atoms with van der Waals surface area (Å²) in [7, 11) is 0. The lowest BCUT2D eigenvalue weighted by atomic mass is 9.78. The highest BCUT2D eigenvalue weighted by Crippen LogP contribution is 2.49. The van der Waals surface area contributed by atoms with Crippen LogP contribution in [-0.2, 0) is 17.9 Å². The molecule has 2 bridgehead atoms. The molecule has 2 N–H and O–H groups in total. The summed E-state index contributed by atoms with van der Waals surface area (Å²) in [6.45, 7) is 5.33. The predicted octanol–water partition coefficient (Wildman–Crippen LogP) is 4.60. The smallest absolute Gasteiger partial charge is 0.233 e. The Balaban J connectivity index is 0.00000401. The molecule has 0 aromatic heterocycles. The number of hydrogen-bond donors (Lipinski definition) is 2. The van der Waals surface area contributed by atoms with Crippen molar-refractivity contribution < 1.29 is 50.0 Å². The van der Waals surface area contributed by atoms with Gasteiger partial charge in [-0.2, -0.15) is 0 Å². The molecule has 4 aliphatic rings. The van der Waals surface area contributed by atoms with Crippen LogP contribution in [0.2, 0.25) is 0 Å². The van der Waals surface area contributed by atoms with E-state index in [9.17, 15) is 23.8 Å². The molecule has 4 aliphatic heterocycles. The van der Waals surface area contributed by atoms with Crippen molar-refractivity contribution in [3.63, 3.8) is 0 Å². The van der Waals surface area contributed by atoms with Crippen LogP contribution >= 0.6 is 0 Å². The van der Waals surface area contributed by atoms with Crippen molar-refractivity contribution in [3.05, 3.63) is 125 Å². The van der Waals surface area contributed by atoms with Crippen molar-refractivity contribution in [1.82, 2.24) is 0 Å². The maximum absolute atomic E-state index is 13.7. The second-order valence-corrected chi connectivity index (χ2v) is 13.6. The van der Waals surface area contributed by atoms with E-state index in [0.717, 1.165) is 18.0 Å². The SMILES string of the molecule is O=C1[C@H](CC[C@H](O)c2ccc(F)cc2)[C@@H](c2ccc(OCc3ccc(C[N+]45CCC(CC4)CC5)cc3)cc2O)N1c1ccc(F)cc1.[Br-]. The van der Waals surface area contributed by atoms with E-state index in [4.69, 9.17) is 4.74 Å². The van der Waals surface area contributed by atoms with Gasteiger partial charge in [0.05, 0.1) is 37.7 Å². The van der Waals surface area contributed by atoms with E-state index >= 15 is 0 Å². The first-order valence-electron chi connectivity index (χ1n) is 16.7. The summed E-state index contributed by atoms with van der Waals surface area (Å²) in [5.74, 6) is -0.0493. The minimum Gasteiger partial charge on any atom is -1.00 e. The van der Waals surface area contributed by atoms with E-state index in [-0.39, 0.29) is 40.9 Å². The van der Waals surface area contributed by atoms with Crippen LogP contribution in [0.1, 0.15) is 66.5 Å². The van der Waals surface area contributed by atoms with Crippen molar-refractivity contribution >= 4 is 11.6 Å². The monoisotopic (exact) mass is 718 g/mol. The zero-order chi connectivity index (χ0) is 32.5. The van der Waals surface area contributed by atoms with E-state index < -0.39 is 23.9 Å². The Labute approximate surface area is 290 Å². The van der Waals surface area contributed by atoms with Gasteiger partial charge in [-0.05, 0) is 97.7 Å². The minimum absolute atomic E-state index is 0. The molecule has 3 atom stereocenters. The molecule has 48 heavy (non-hydrogen) atoms. The number of phenols is 1. The molecule has 252 valence electrons. The van der Waals surface area contributed by atoms with Crippen molar-refractivity contribution in [2.45, 2.75) is 57.4 Å². The average molecular weight is 720 g/mol. The summed E-state index contributed by atoms with van der Waals surface area (Å²) in [4.78, 5) is 15.0. The number of quaternary nitrogens is 1. The Morgan fingerprint density at radius 2 is 1.44 bits per heavy atom. The number of carbonyl (C=O) groups is 1. The fraction of sp³-hybridized carbons (Fsp3) is 0.359. The van der Waals surface area contributed by atoms with Gasteiger partial charge in [-0.15, -0.1) is 0 Å². The second kappa shape index (κ2) is 14.4. The number of aliphatic hydroxyl groups excluding tert-OH is 1. The van der Waals surface area contributed by atoms with Gasteiger partial charge in [0, 0.05) is 22.9 Å². The number of carbonyl (C=O) groups excluding carboxylic acids is 1. The predicted molar refractivity (Wildman–Crippen MR) is 175 cm³/mol. The number of rotatable bonds is 11. The molecule has 4 fully saturated rings. The molecule has 4 aromatic carbocycles. The third-order valence-corrected chi connectivity index (χ3v) is 10.6. The summed E-state index contributed by atoms with van der Waals surface area (Å²) in [5, 5.41) is 21.9. The van der Waals surface area contributed by atoms with Crippen molar-refractivity contribution in [1.29, 1.82) is 0 Å². The third kappa shape index (κ3) is 7.14. The lowest BCUT2D eigenvalue weighted by Gasteiger charge is -2.49.